The molecule has 3 aromatic carbocycles. The molecule has 41 heavy (non-hydrogen) atoms. The van der Waals surface area contributed by atoms with Gasteiger partial charge in [-0.15, -0.1) is 0 Å². The Morgan fingerprint density at radius 2 is 1.66 bits per heavy atom. The quantitative estimate of drug-likeness (QED) is 0.293. The lowest BCUT2D eigenvalue weighted by Crippen LogP contribution is -2.35. The Labute approximate surface area is 246 Å². The molecule has 4 heteroatoms. The first-order chi connectivity index (χ1) is 19.4. The number of rotatable bonds is 8. The largest absolute Gasteiger partial charge is 0.507 e. The summed E-state index contributed by atoms with van der Waals surface area (Å²) in [5.41, 5.74) is 9.68. The van der Waals surface area contributed by atoms with Crippen molar-refractivity contribution in [1.29, 1.82) is 0 Å². The predicted molar refractivity (Wildman–Crippen MR) is 167 cm³/mol. The molecule has 2 aliphatic rings. The first-order valence-electron chi connectivity index (χ1n) is 15.4. The molecule has 1 atom stereocenters. The zero-order chi connectivity index (χ0) is 29.5. The molecule has 0 aromatic heterocycles. The fourth-order valence-electron chi connectivity index (χ4n) is 7.23. The van der Waals surface area contributed by atoms with Gasteiger partial charge in [0, 0.05) is 12.1 Å². The average Bonchev–Trinajstić information content (AvgIpc) is 3.54. The van der Waals surface area contributed by atoms with Crippen LogP contribution in [0.4, 0.5) is 0 Å². The van der Waals surface area contributed by atoms with E-state index in [0.717, 1.165) is 31.4 Å². The Morgan fingerprint density at radius 3 is 2.29 bits per heavy atom. The molecule has 1 heterocycles. The molecule has 1 amide bonds. The minimum absolute atomic E-state index is 0.0137. The number of nitrogens with one attached hydrogen (secondary N) is 1. The van der Waals surface area contributed by atoms with Gasteiger partial charge in [0.25, 0.3) is 5.91 Å². The third kappa shape index (κ3) is 5.50. The van der Waals surface area contributed by atoms with Crippen molar-refractivity contribution in [3.63, 3.8) is 0 Å². The number of hydrogen-bond donors (Lipinski definition) is 2. The number of phenols is 1. The van der Waals surface area contributed by atoms with Gasteiger partial charge in [-0.2, -0.15) is 0 Å². The monoisotopic (exact) mass is 553 g/mol. The van der Waals surface area contributed by atoms with Crippen LogP contribution in [-0.2, 0) is 6.42 Å². The maximum absolute atomic E-state index is 12.7. The molecule has 4 nitrogen and oxygen atoms in total. The van der Waals surface area contributed by atoms with Crippen molar-refractivity contribution < 1.29 is 14.6 Å². The predicted octanol–water partition coefficient (Wildman–Crippen LogP) is 8.67. The van der Waals surface area contributed by atoms with Crippen LogP contribution < -0.4 is 10.1 Å². The standard InChI is InChI=1S/C37H47NO3/c1-23(2)27-14-16-28(17-15-27)33-32-26(5)30(24(3)25(4)34(32)41-37(33)18-10-11-19-37)22-36(6,7)20-21-38-35(40)29-12-8-9-13-31(29)39/h8-9,12-17,23,33,39H,10-11,18-22H2,1-7H3,(H,38,40). The van der Waals surface area contributed by atoms with Crippen LogP contribution >= 0.6 is 0 Å². The van der Waals surface area contributed by atoms with Crippen LogP contribution in [0.15, 0.2) is 48.5 Å². The summed E-state index contributed by atoms with van der Waals surface area (Å²) in [6.45, 7) is 16.4. The lowest BCUT2D eigenvalue weighted by Gasteiger charge is -2.32. The van der Waals surface area contributed by atoms with Gasteiger partial charge in [0.1, 0.15) is 17.1 Å². The highest BCUT2D eigenvalue weighted by atomic mass is 16.5. The first kappa shape index (κ1) is 29.2. The third-order valence-corrected chi connectivity index (χ3v) is 9.85. The summed E-state index contributed by atoms with van der Waals surface area (Å²) in [6, 6.07) is 16.0. The van der Waals surface area contributed by atoms with Crippen molar-refractivity contribution in [2.24, 2.45) is 5.41 Å². The summed E-state index contributed by atoms with van der Waals surface area (Å²) < 4.78 is 7.05. The van der Waals surface area contributed by atoms with Gasteiger partial charge >= 0.3 is 0 Å². The molecular weight excluding hydrogens is 506 g/mol. The SMILES string of the molecule is Cc1c(C)c2c(c(C)c1CC(C)(C)CCNC(=O)c1ccccc1O)C(c1ccc(C(C)C)cc1)C1(CCCC1)O2. The highest BCUT2D eigenvalue weighted by Gasteiger charge is 2.52. The number of aromatic hydroxyl groups is 1. The van der Waals surface area contributed by atoms with E-state index >= 15 is 0 Å². The van der Waals surface area contributed by atoms with Gasteiger partial charge in [-0.3, -0.25) is 4.79 Å². The molecule has 1 aliphatic carbocycles. The van der Waals surface area contributed by atoms with Crippen molar-refractivity contribution in [2.45, 2.75) is 104 Å². The average molecular weight is 554 g/mol. The smallest absolute Gasteiger partial charge is 0.255 e. The van der Waals surface area contributed by atoms with E-state index in [2.05, 4.69) is 78.0 Å². The molecule has 3 aromatic rings. The molecule has 1 fully saturated rings. The number of phenolic OH excluding ortho intramolecular Hbond substituents is 1. The van der Waals surface area contributed by atoms with E-state index in [9.17, 15) is 9.90 Å². The Morgan fingerprint density at radius 1 is 1.00 bits per heavy atom. The summed E-state index contributed by atoms with van der Waals surface area (Å²) in [6.07, 6.45) is 6.41. The van der Waals surface area contributed by atoms with E-state index in [1.807, 2.05) is 0 Å². The maximum Gasteiger partial charge on any atom is 0.255 e. The van der Waals surface area contributed by atoms with Crippen LogP contribution in [0.25, 0.3) is 0 Å². The molecule has 2 N–H and O–H groups in total. The van der Waals surface area contributed by atoms with Gasteiger partial charge in [0.05, 0.1) is 11.5 Å². The summed E-state index contributed by atoms with van der Waals surface area (Å²) in [5, 5.41) is 13.1. The van der Waals surface area contributed by atoms with Gasteiger partial charge < -0.3 is 15.2 Å². The molecule has 0 saturated heterocycles. The number of amides is 1. The Kier molecular flexibility index (Phi) is 7.98. The van der Waals surface area contributed by atoms with Crippen molar-refractivity contribution in [3.8, 4) is 11.5 Å². The highest BCUT2D eigenvalue weighted by Crippen LogP contribution is 2.58. The van der Waals surface area contributed by atoms with Crippen molar-refractivity contribution in [3.05, 3.63) is 93.0 Å². The van der Waals surface area contributed by atoms with Crippen LogP contribution in [0.3, 0.4) is 0 Å². The second kappa shape index (κ2) is 11.2. The topological polar surface area (TPSA) is 58.6 Å². The fourth-order valence-corrected chi connectivity index (χ4v) is 7.23. The Balaban J connectivity index is 1.43. The molecule has 1 aliphatic heterocycles. The maximum atomic E-state index is 12.7. The molecule has 5 rings (SSSR count). The summed E-state index contributed by atoms with van der Waals surface area (Å²) in [7, 11) is 0. The van der Waals surface area contributed by atoms with Crippen LogP contribution in [-0.4, -0.2) is 23.2 Å². The lowest BCUT2D eigenvalue weighted by atomic mass is 9.73. The van der Waals surface area contributed by atoms with E-state index in [1.54, 1.807) is 24.3 Å². The molecule has 1 saturated carbocycles. The van der Waals surface area contributed by atoms with E-state index in [4.69, 9.17) is 4.74 Å². The van der Waals surface area contributed by atoms with Crippen LogP contribution in [0, 0.1) is 26.2 Å². The van der Waals surface area contributed by atoms with Gasteiger partial charge in [-0.05, 0) is 116 Å². The van der Waals surface area contributed by atoms with Crippen LogP contribution in [0.1, 0.15) is 121 Å². The second-order valence-corrected chi connectivity index (χ2v) is 13.6. The fraction of sp³-hybridized carbons (Fsp3) is 0.486. The van der Waals surface area contributed by atoms with E-state index < -0.39 is 0 Å². The van der Waals surface area contributed by atoms with Gasteiger partial charge in [0.15, 0.2) is 0 Å². The normalized spacial score (nSPS) is 17.6. The van der Waals surface area contributed by atoms with E-state index in [-0.39, 0.29) is 28.6 Å². The number of para-hydroxylation sites is 1. The minimum atomic E-state index is -0.232. The summed E-state index contributed by atoms with van der Waals surface area (Å²) >= 11 is 0. The number of carbonyl (C=O) groups excluding carboxylic acids is 1. The lowest BCUT2D eigenvalue weighted by molar-refractivity contribution is 0.0864. The van der Waals surface area contributed by atoms with E-state index in [1.165, 1.54) is 51.8 Å². The van der Waals surface area contributed by atoms with E-state index in [0.29, 0.717) is 18.0 Å². The van der Waals surface area contributed by atoms with Crippen molar-refractivity contribution in [1.82, 2.24) is 5.32 Å². The number of carbonyl (C=O) groups is 1. The Bertz CT molecular complexity index is 1430. The first-order valence-corrected chi connectivity index (χ1v) is 15.4. The molecular formula is C37H47NO3. The Hall–Kier alpha value is -3.27. The number of fused-ring (bicyclic) bond motifs is 1. The van der Waals surface area contributed by atoms with Crippen LogP contribution in [0.5, 0.6) is 11.5 Å². The van der Waals surface area contributed by atoms with Crippen molar-refractivity contribution in [2.75, 3.05) is 6.54 Å². The third-order valence-electron chi connectivity index (χ3n) is 9.85. The molecule has 1 unspecified atom stereocenters. The number of hydrogen-bond acceptors (Lipinski definition) is 3. The van der Waals surface area contributed by atoms with Gasteiger partial charge in [0.2, 0.25) is 0 Å². The number of ether oxygens (including phenoxy) is 1. The summed E-state index contributed by atoms with van der Waals surface area (Å²) in [4.78, 5) is 12.7. The minimum Gasteiger partial charge on any atom is -0.507 e. The second-order valence-electron chi connectivity index (χ2n) is 13.6. The summed E-state index contributed by atoms with van der Waals surface area (Å²) in [5.74, 6) is 1.67. The number of benzene rings is 3. The van der Waals surface area contributed by atoms with Crippen LogP contribution in [0.2, 0.25) is 0 Å². The molecule has 0 bridgehead atoms. The van der Waals surface area contributed by atoms with Gasteiger partial charge in [-0.1, -0.05) is 64.1 Å². The molecule has 1 spiro atoms. The zero-order valence-corrected chi connectivity index (χ0v) is 26.0. The molecule has 0 radical (unpaired) electrons. The zero-order valence-electron chi connectivity index (χ0n) is 26.0. The van der Waals surface area contributed by atoms with Gasteiger partial charge in [-0.25, -0.2) is 0 Å². The van der Waals surface area contributed by atoms with Crippen molar-refractivity contribution >= 4 is 5.91 Å². The molecule has 218 valence electrons. The highest BCUT2D eigenvalue weighted by molar-refractivity contribution is 5.96.